The normalized spacial score (nSPS) is 14.9. The molecule has 1 aliphatic heterocycles. The quantitative estimate of drug-likeness (QED) is 0.273. The van der Waals surface area contributed by atoms with Crippen LogP contribution >= 0.6 is 22.6 Å². The Morgan fingerprint density at radius 2 is 1.85 bits per heavy atom. The highest BCUT2D eigenvalue weighted by atomic mass is 127. The number of hydrogen-bond donors (Lipinski definition) is 3. The van der Waals surface area contributed by atoms with Gasteiger partial charge in [0.15, 0.2) is 11.6 Å². The van der Waals surface area contributed by atoms with E-state index in [1.807, 2.05) is 22.6 Å². The molecule has 0 aromatic heterocycles. The van der Waals surface area contributed by atoms with Crippen molar-refractivity contribution in [3.63, 3.8) is 0 Å². The maximum absolute atomic E-state index is 14.6. The van der Waals surface area contributed by atoms with Gasteiger partial charge in [-0.25, -0.2) is 13.2 Å². The topological polar surface area (TPSA) is 67.8 Å². The predicted octanol–water partition coefficient (Wildman–Crippen LogP) is 3.96. The molecule has 1 saturated heterocycles. The van der Waals surface area contributed by atoms with Crippen LogP contribution in [0.2, 0.25) is 0 Å². The van der Waals surface area contributed by atoms with E-state index in [1.165, 1.54) is 17.0 Å². The molecule has 1 fully saturated rings. The first-order valence-electron chi connectivity index (χ1n) is 11.3. The van der Waals surface area contributed by atoms with Gasteiger partial charge in [0.25, 0.3) is 5.91 Å². The number of likely N-dealkylation sites (tertiary alicyclic amines) is 1. The van der Waals surface area contributed by atoms with Gasteiger partial charge in [-0.05, 0) is 85.5 Å². The molecule has 0 atom stereocenters. The van der Waals surface area contributed by atoms with Crippen LogP contribution in [-0.2, 0) is 0 Å². The molecule has 1 heterocycles. The lowest BCUT2D eigenvalue weighted by molar-refractivity contribution is -0.0784. The van der Waals surface area contributed by atoms with Gasteiger partial charge in [-0.3, -0.25) is 4.79 Å². The Bertz CT molecular complexity index is 1010. The minimum absolute atomic E-state index is 0.0607. The van der Waals surface area contributed by atoms with Gasteiger partial charge in [-0.1, -0.05) is 13.8 Å². The summed E-state index contributed by atoms with van der Waals surface area (Å²) in [6.07, 6.45) is 0.944. The zero-order valence-electron chi connectivity index (χ0n) is 19.3. The summed E-state index contributed by atoms with van der Waals surface area (Å²) in [6, 6.07) is 6.27. The number of hydrogen-bond acceptors (Lipinski definition) is 5. The third-order valence-corrected chi connectivity index (χ3v) is 6.62. The van der Waals surface area contributed by atoms with Gasteiger partial charge in [0, 0.05) is 10.1 Å². The number of nitrogens with one attached hydrogen (secondary N) is 2. The first-order valence-corrected chi connectivity index (χ1v) is 12.4. The summed E-state index contributed by atoms with van der Waals surface area (Å²) < 4.78 is 43.4. The highest BCUT2D eigenvalue weighted by molar-refractivity contribution is 14.1. The van der Waals surface area contributed by atoms with Gasteiger partial charge in [0.1, 0.15) is 11.4 Å². The fourth-order valence-corrected chi connectivity index (χ4v) is 4.41. The van der Waals surface area contributed by atoms with Crippen LogP contribution in [0.1, 0.15) is 30.6 Å². The minimum atomic E-state index is -1.27. The van der Waals surface area contributed by atoms with Crippen molar-refractivity contribution >= 4 is 39.9 Å². The summed E-state index contributed by atoms with van der Waals surface area (Å²) in [5, 5.41) is 16.4. The van der Waals surface area contributed by atoms with Crippen LogP contribution in [-0.4, -0.2) is 72.2 Å². The van der Waals surface area contributed by atoms with E-state index in [1.54, 1.807) is 6.07 Å². The summed E-state index contributed by atoms with van der Waals surface area (Å²) in [5.41, 5.74) is -1.73. The van der Waals surface area contributed by atoms with Crippen LogP contribution in [0.5, 0.6) is 0 Å². The van der Waals surface area contributed by atoms with Gasteiger partial charge in [-0.15, -0.1) is 0 Å². The molecule has 2 aromatic carbocycles. The molecule has 0 radical (unpaired) electrons. The van der Waals surface area contributed by atoms with E-state index in [4.69, 9.17) is 0 Å². The molecule has 34 heavy (non-hydrogen) atoms. The van der Waals surface area contributed by atoms with E-state index in [2.05, 4.69) is 29.4 Å². The standard InChI is InChI=1S/C24H30F3IN4O2/c1-3-31(4-2)11-5-10-29-13-24(34)14-32(15-24)23(33)17-7-8-18(25)21(27)22(17)30-20-9-6-16(28)12-19(20)26/h6-9,12,29-30,34H,3-5,10-11,13-15H2,1-2H3. The third kappa shape index (κ3) is 6.41. The van der Waals surface area contributed by atoms with E-state index in [0.717, 1.165) is 44.7 Å². The summed E-state index contributed by atoms with van der Waals surface area (Å²) in [5.74, 6) is -3.65. The largest absolute Gasteiger partial charge is 0.385 e. The van der Waals surface area contributed by atoms with Crippen molar-refractivity contribution in [3.8, 4) is 0 Å². The SMILES string of the molecule is CCN(CC)CCCNCC1(O)CN(C(=O)c2ccc(F)c(F)c2Nc2ccc(I)cc2F)C1. The van der Waals surface area contributed by atoms with Crippen molar-refractivity contribution in [2.24, 2.45) is 0 Å². The maximum Gasteiger partial charge on any atom is 0.256 e. The summed E-state index contributed by atoms with van der Waals surface area (Å²) in [7, 11) is 0. The monoisotopic (exact) mass is 590 g/mol. The molecule has 3 N–H and O–H groups in total. The molecule has 1 amide bonds. The summed E-state index contributed by atoms with van der Waals surface area (Å²) >= 11 is 1.93. The van der Waals surface area contributed by atoms with Crippen LogP contribution < -0.4 is 10.6 Å². The lowest BCUT2D eigenvalue weighted by atomic mass is 9.92. The van der Waals surface area contributed by atoms with Crippen molar-refractivity contribution in [2.75, 3.05) is 51.1 Å². The van der Waals surface area contributed by atoms with E-state index < -0.39 is 34.6 Å². The molecule has 0 bridgehead atoms. The molecule has 0 saturated carbocycles. The highest BCUT2D eigenvalue weighted by Crippen LogP contribution is 2.31. The molecule has 3 rings (SSSR count). The molecular weight excluding hydrogens is 560 g/mol. The smallest absolute Gasteiger partial charge is 0.256 e. The minimum Gasteiger partial charge on any atom is -0.385 e. The number of anilines is 2. The second-order valence-electron chi connectivity index (χ2n) is 8.48. The van der Waals surface area contributed by atoms with Gasteiger partial charge in [0.05, 0.1) is 30.0 Å². The van der Waals surface area contributed by atoms with Crippen molar-refractivity contribution in [1.82, 2.24) is 15.1 Å². The van der Waals surface area contributed by atoms with Crippen LogP contribution in [0.15, 0.2) is 30.3 Å². The van der Waals surface area contributed by atoms with E-state index in [9.17, 15) is 23.1 Å². The Balaban J connectivity index is 1.62. The van der Waals surface area contributed by atoms with Crippen LogP contribution in [0.25, 0.3) is 0 Å². The van der Waals surface area contributed by atoms with Crippen molar-refractivity contribution in [1.29, 1.82) is 0 Å². The Morgan fingerprint density at radius 3 is 2.50 bits per heavy atom. The van der Waals surface area contributed by atoms with E-state index >= 15 is 0 Å². The molecule has 1 aliphatic rings. The Hall–Kier alpha value is -1.89. The van der Waals surface area contributed by atoms with Gasteiger partial charge >= 0.3 is 0 Å². The predicted molar refractivity (Wildman–Crippen MR) is 135 cm³/mol. The molecule has 2 aromatic rings. The average Bonchev–Trinajstić information content (AvgIpc) is 2.78. The number of carbonyl (C=O) groups excluding carboxylic acids is 1. The second kappa shape index (κ2) is 11.7. The molecule has 10 heteroatoms. The van der Waals surface area contributed by atoms with Crippen molar-refractivity contribution in [3.05, 3.63) is 56.9 Å². The van der Waals surface area contributed by atoms with Crippen molar-refractivity contribution < 1.29 is 23.1 Å². The first-order chi connectivity index (χ1) is 16.2. The number of carbonyl (C=O) groups is 1. The van der Waals surface area contributed by atoms with E-state index in [0.29, 0.717) is 10.1 Å². The molecule has 6 nitrogen and oxygen atoms in total. The molecular formula is C24H30F3IN4O2. The summed E-state index contributed by atoms with van der Waals surface area (Å²) in [4.78, 5) is 16.7. The molecule has 0 unspecified atom stereocenters. The Labute approximate surface area is 211 Å². The number of aliphatic hydroxyl groups is 1. The summed E-state index contributed by atoms with van der Waals surface area (Å²) in [6.45, 7) is 8.38. The zero-order valence-corrected chi connectivity index (χ0v) is 21.5. The molecule has 186 valence electrons. The number of β-amino-alcohol motifs (C(OH)–C–C–N with tert-alkyl or cyclic N) is 1. The van der Waals surface area contributed by atoms with Gasteiger partial charge in [0.2, 0.25) is 0 Å². The number of nitrogens with zero attached hydrogens (tertiary/aromatic N) is 2. The zero-order chi connectivity index (χ0) is 24.9. The fourth-order valence-electron chi connectivity index (χ4n) is 3.96. The highest BCUT2D eigenvalue weighted by Gasteiger charge is 2.44. The second-order valence-corrected chi connectivity index (χ2v) is 9.72. The number of amides is 1. The van der Waals surface area contributed by atoms with Crippen molar-refractivity contribution in [2.45, 2.75) is 25.9 Å². The molecule has 0 aliphatic carbocycles. The van der Waals surface area contributed by atoms with Crippen LogP contribution in [0.3, 0.4) is 0 Å². The van der Waals surface area contributed by atoms with Crippen LogP contribution in [0.4, 0.5) is 24.5 Å². The van der Waals surface area contributed by atoms with Gasteiger partial charge < -0.3 is 25.5 Å². The Morgan fingerprint density at radius 1 is 1.15 bits per heavy atom. The number of benzene rings is 2. The lowest BCUT2D eigenvalue weighted by Gasteiger charge is -2.46. The number of rotatable bonds is 11. The molecule has 0 spiro atoms. The first kappa shape index (κ1) is 26.7. The number of halogens is 4. The maximum atomic E-state index is 14.6. The Kier molecular flexibility index (Phi) is 9.19. The third-order valence-electron chi connectivity index (χ3n) is 5.95. The lowest BCUT2D eigenvalue weighted by Crippen LogP contribution is -2.67. The van der Waals surface area contributed by atoms with Gasteiger partial charge in [-0.2, -0.15) is 0 Å². The van der Waals surface area contributed by atoms with E-state index in [-0.39, 0.29) is 24.3 Å². The fraction of sp³-hybridized carbons (Fsp3) is 0.458. The average molecular weight is 590 g/mol. The van der Waals surface area contributed by atoms with Crippen LogP contribution in [0, 0.1) is 21.0 Å².